The SMILES string of the molecule is Cn1cnc2cc(-c3ccc(C(=O)NC4CCNCC4)nn3)ccc21. The lowest BCUT2D eigenvalue weighted by Crippen LogP contribution is -2.42. The topological polar surface area (TPSA) is 84.7 Å². The molecule has 0 spiro atoms. The number of aromatic nitrogens is 4. The van der Waals surface area contributed by atoms with E-state index in [0.29, 0.717) is 5.69 Å². The third kappa shape index (κ3) is 3.23. The van der Waals surface area contributed by atoms with Gasteiger partial charge in [-0.05, 0) is 50.2 Å². The van der Waals surface area contributed by atoms with Crippen molar-refractivity contribution in [3.8, 4) is 11.3 Å². The van der Waals surface area contributed by atoms with Crippen molar-refractivity contribution in [3.63, 3.8) is 0 Å². The number of piperidine rings is 1. The highest BCUT2D eigenvalue weighted by Gasteiger charge is 2.17. The Balaban J connectivity index is 1.51. The van der Waals surface area contributed by atoms with Crippen LogP contribution in [-0.2, 0) is 7.05 Å². The van der Waals surface area contributed by atoms with Gasteiger partial charge in [0.2, 0.25) is 0 Å². The molecule has 2 aromatic heterocycles. The average Bonchev–Trinajstić information content (AvgIpc) is 3.03. The molecule has 7 nitrogen and oxygen atoms in total. The van der Waals surface area contributed by atoms with Crippen LogP contribution in [0, 0.1) is 0 Å². The molecule has 7 heteroatoms. The van der Waals surface area contributed by atoms with Gasteiger partial charge < -0.3 is 15.2 Å². The van der Waals surface area contributed by atoms with Gasteiger partial charge in [-0.25, -0.2) is 4.98 Å². The van der Waals surface area contributed by atoms with Crippen molar-refractivity contribution >= 4 is 16.9 Å². The zero-order valence-electron chi connectivity index (χ0n) is 14.1. The van der Waals surface area contributed by atoms with Crippen LogP contribution < -0.4 is 10.6 Å². The van der Waals surface area contributed by atoms with E-state index in [1.54, 1.807) is 12.4 Å². The van der Waals surface area contributed by atoms with Gasteiger partial charge in [-0.15, -0.1) is 10.2 Å². The lowest BCUT2D eigenvalue weighted by Gasteiger charge is -2.23. The summed E-state index contributed by atoms with van der Waals surface area (Å²) in [5, 5.41) is 14.6. The molecule has 1 amide bonds. The number of fused-ring (bicyclic) bond motifs is 1. The van der Waals surface area contributed by atoms with E-state index in [9.17, 15) is 4.79 Å². The molecule has 0 saturated carbocycles. The van der Waals surface area contributed by atoms with Crippen LogP contribution in [-0.4, -0.2) is 44.8 Å². The van der Waals surface area contributed by atoms with E-state index in [-0.39, 0.29) is 11.9 Å². The second-order valence-electron chi connectivity index (χ2n) is 6.36. The maximum absolute atomic E-state index is 12.3. The average molecular weight is 336 g/mol. The minimum atomic E-state index is -0.161. The minimum Gasteiger partial charge on any atom is -0.348 e. The molecule has 1 fully saturated rings. The van der Waals surface area contributed by atoms with Gasteiger partial charge in [0, 0.05) is 18.7 Å². The number of nitrogens with one attached hydrogen (secondary N) is 2. The summed E-state index contributed by atoms with van der Waals surface area (Å²) < 4.78 is 1.97. The molecule has 4 rings (SSSR count). The highest BCUT2D eigenvalue weighted by Crippen LogP contribution is 2.21. The lowest BCUT2D eigenvalue weighted by atomic mass is 10.1. The van der Waals surface area contributed by atoms with E-state index in [1.807, 2.05) is 35.9 Å². The fourth-order valence-corrected chi connectivity index (χ4v) is 3.13. The van der Waals surface area contributed by atoms with Gasteiger partial charge >= 0.3 is 0 Å². The number of nitrogens with zero attached hydrogens (tertiary/aromatic N) is 4. The van der Waals surface area contributed by atoms with Crippen molar-refractivity contribution < 1.29 is 4.79 Å². The van der Waals surface area contributed by atoms with Gasteiger partial charge in [-0.1, -0.05) is 6.07 Å². The Morgan fingerprint density at radius 3 is 2.80 bits per heavy atom. The molecule has 1 aliphatic rings. The van der Waals surface area contributed by atoms with Crippen molar-refractivity contribution in [2.45, 2.75) is 18.9 Å². The maximum Gasteiger partial charge on any atom is 0.272 e. The third-order valence-electron chi connectivity index (χ3n) is 4.59. The fourth-order valence-electron chi connectivity index (χ4n) is 3.13. The third-order valence-corrected chi connectivity index (χ3v) is 4.59. The second-order valence-corrected chi connectivity index (χ2v) is 6.36. The predicted octanol–water partition coefficient (Wildman–Crippen LogP) is 1.51. The van der Waals surface area contributed by atoms with Crippen molar-refractivity contribution in [1.82, 2.24) is 30.4 Å². The molecular formula is C18H20N6O. The number of hydrogen-bond acceptors (Lipinski definition) is 5. The van der Waals surface area contributed by atoms with E-state index in [0.717, 1.165) is 48.2 Å². The minimum absolute atomic E-state index is 0.161. The van der Waals surface area contributed by atoms with Gasteiger partial charge in [0.15, 0.2) is 5.69 Å². The molecule has 0 aliphatic carbocycles. The first-order chi connectivity index (χ1) is 12.2. The van der Waals surface area contributed by atoms with E-state index < -0.39 is 0 Å². The number of imidazole rings is 1. The number of benzene rings is 1. The molecule has 3 aromatic rings. The Bertz CT molecular complexity index is 896. The zero-order valence-corrected chi connectivity index (χ0v) is 14.1. The molecule has 1 saturated heterocycles. The zero-order chi connectivity index (χ0) is 17.2. The molecular weight excluding hydrogens is 316 g/mol. The predicted molar refractivity (Wildman–Crippen MR) is 95.1 cm³/mol. The van der Waals surface area contributed by atoms with Crippen molar-refractivity contribution in [1.29, 1.82) is 0 Å². The summed E-state index contributed by atoms with van der Waals surface area (Å²) in [5.74, 6) is -0.161. The lowest BCUT2D eigenvalue weighted by molar-refractivity contribution is 0.0923. The Morgan fingerprint density at radius 1 is 1.20 bits per heavy atom. The molecule has 25 heavy (non-hydrogen) atoms. The molecule has 1 aromatic carbocycles. The molecule has 2 N–H and O–H groups in total. The normalized spacial score (nSPS) is 15.4. The number of aryl methyl sites for hydroxylation is 1. The van der Waals surface area contributed by atoms with Crippen molar-refractivity contribution in [2.24, 2.45) is 7.05 Å². The number of carbonyl (C=O) groups is 1. The van der Waals surface area contributed by atoms with Gasteiger partial charge in [0.25, 0.3) is 5.91 Å². The highest BCUT2D eigenvalue weighted by atomic mass is 16.2. The summed E-state index contributed by atoms with van der Waals surface area (Å²) in [4.78, 5) is 16.7. The van der Waals surface area contributed by atoms with E-state index in [1.165, 1.54) is 0 Å². The van der Waals surface area contributed by atoms with Gasteiger partial charge in [0.05, 0.1) is 23.1 Å². The van der Waals surface area contributed by atoms with Crippen LogP contribution in [0.2, 0.25) is 0 Å². The van der Waals surface area contributed by atoms with Gasteiger partial charge in [-0.3, -0.25) is 4.79 Å². The first kappa shape index (κ1) is 15.7. The van der Waals surface area contributed by atoms with E-state index in [2.05, 4.69) is 25.8 Å². The Morgan fingerprint density at radius 2 is 2.04 bits per heavy atom. The standard InChI is InChI=1S/C18H20N6O/c1-24-11-20-16-10-12(2-5-17(16)24)14-3-4-15(23-22-14)18(25)21-13-6-8-19-9-7-13/h2-5,10-11,13,19H,6-9H2,1H3,(H,21,25). The van der Waals surface area contributed by atoms with Crippen LogP contribution in [0.5, 0.6) is 0 Å². The van der Waals surface area contributed by atoms with Crippen LogP contribution in [0.4, 0.5) is 0 Å². The second kappa shape index (κ2) is 6.60. The molecule has 128 valence electrons. The molecule has 0 unspecified atom stereocenters. The largest absolute Gasteiger partial charge is 0.348 e. The van der Waals surface area contributed by atoms with E-state index >= 15 is 0 Å². The molecule has 1 aliphatic heterocycles. The van der Waals surface area contributed by atoms with Crippen molar-refractivity contribution in [2.75, 3.05) is 13.1 Å². The molecule has 3 heterocycles. The fraction of sp³-hybridized carbons (Fsp3) is 0.333. The number of hydrogen-bond donors (Lipinski definition) is 2. The smallest absolute Gasteiger partial charge is 0.272 e. The number of amides is 1. The summed E-state index contributed by atoms with van der Waals surface area (Å²) in [5.41, 5.74) is 3.99. The van der Waals surface area contributed by atoms with Gasteiger partial charge in [-0.2, -0.15) is 0 Å². The summed E-state index contributed by atoms with van der Waals surface area (Å²) >= 11 is 0. The van der Waals surface area contributed by atoms with Crippen LogP contribution in [0.3, 0.4) is 0 Å². The number of carbonyl (C=O) groups excluding carboxylic acids is 1. The first-order valence-electron chi connectivity index (χ1n) is 8.47. The quantitative estimate of drug-likeness (QED) is 0.757. The summed E-state index contributed by atoms with van der Waals surface area (Å²) in [6.45, 7) is 1.87. The van der Waals surface area contributed by atoms with E-state index in [4.69, 9.17) is 0 Å². The summed E-state index contributed by atoms with van der Waals surface area (Å²) in [6, 6.07) is 9.74. The van der Waals surface area contributed by atoms with Gasteiger partial charge in [0.1, 0.15) is 0 Å². The van der Waals surface area contributed by atoms with Crippen LogP contribution in [0.25, 0.3) is 22.3 Å². The summed E-state index contributed by atoms with van der Waals surface area (Å²) in [7, 11) is 1.96. The Kier molecular flexibility index (Phi) is 4.15. The maximum atomic E-state index is 12.3. The molecule has 0 atom stereocenters. The van der Waals surface area contributed by atoms with Crippen LogP contribution >= 0.6 is 0 Å². The first-order valence-corrected chi connectivity index (χ1v) is 8.47. The Labute approximate surface area is 145 Å². The highest BCUT2D eigenvalue weighted by molar-refractivity contribution is 5.92. The van der Waals surface area contributed by atoms with Crippen LogP contribution in [0.15, 0.2) is 36.7 Å². The molecule has 0 bridgehead atoms. The monoisotopic (exact) mass is 336 g/mol. The Hall–Kier alpha value is -2.80. The van der Waals surface area contributed by atoms with Crippen molar-refractivity contribution in [3.05, 3.63) is 42.4 Å². The number of rotatable bonds is 3. The molecule has 0 radical (unpaired) electrons. The summed E-state index contributed by atoms with van der Waals surface area (Å²) in [6.07, 6.45) is 3.68. The van der Waals surface area contributed by atoms with Crippen LogP contribution in [0.1, 0.15) is 23.3 Å².